The highest BCUT2D eigenvalue weighted by atomic mass is 19.4. The number of hydrogen-bond donors (Lipinski definition) is 1. The molecule has 1 heterocycles. The van der Waals surface area contributed by atoms with Gasteiger partial charge in [-0.15, -0.1) is 0 Å². The number of halogens is 3. The summed E-state index contributed by atoms with van der Waals surface area (Å²) in [6, 6.07) is 0. The van der Waals surface area contributed by atoms with Crippen LogP contribution in [0.5, 0.6) is 0 Å². The van der Waals surface area contributed by atoms with E-state index in [1.54, 1.807) is 0 Å². The fraction of sp³-hybridized carbons (Fsp3) is 0.923. The third kappa shape index (κ3) is 3.84. The summed E-state index contributed by atoms with van der Waals surface area (Å²) in [5.74, 6) is -1.34. The summed E-state index contributed by atoms with van der Waals surface area (Å²) in [6.07, 6.45) is -2.21. The second kappa shape index (κ2) is 6.11. The monoisotopic (exact) mass is 278 g/mol. The van der Waals surface area contributed by atoms with Gasteiger partial charge in [-0.05, 0) is 38.6 Å². The van der Waals surface area contributed by atoms with Gasteiger partial charge in [-0.3, -0.25) is 4.79 Å². The van der Waals surface area contributed by atoms with E-state index in [1.165, 1.54) is 0 Å². The number of nitrogens with zero attached hydrogens (tertiary/aromatic N) is 1. The fourth-order valence-electron chi connectivity index (χ4n) is 2.99. The summed E-state index contributed by atoms with van der Waals surface area (Å²) in [5.41, 5.74) is 0. The van der Waals surface area contributed by atoms with Gasteiger partial charge < -0.3 is 10.2 Å². The predicted octanol–water partition coefficient (Wildman–Crippen LogP) is 2.18. The van der Waals surface area contributed by atoms with Crippen molar-refractivity contribution in [3.8, 4) is 0 Å². The third-order valence-corrected chi connectivity index (χ3v) is 4.19. The van der Waals surface area contributed by atoms with Gasteiger partial charge in [0.2, 0.25) is 5.91 Å². The summed E-state index contributed by atoms with van der Waals surface area (Å²) in [4.78, 5) is 14.1. The second-order valence-electron chi connectivity index (χ2n) is 5.52. The predicted molar refractivity (Wildman–Crippen MR) is 65.6 cm³/mol. The van der Waals surface area contributed by atoms with Crippen molar-refractivity contribution in [1.29, 1.82) is 0 Å². The Morgan fingerprint density at radius 1 is 1.05 bits per heavy atom. The lowest BCUT2D eigenvalue weighted by Gasteiger charge is -2.32. The number of carbonyl (C=O) groups excluding carboxylic acids is 1. The van der Waals surface area contributed by atoms with Crippen LogP contribution < -0.4 is 5.32 Å². The van der Waals surface area contributed by atoms with Gasteiger partial charge >= 0.3 is 6.18 Å². The molecule has 1 saturated heterocycles. The zero-order valence-corrected chi connectivity index (χ0v) is 11.0. The number of amides is 1. The van der Waals surface area contributed by atoms with Crippen molar-refractivity contribution in [1.82, 2.24) is 10.2 Å². The van der Waals surface area contributed by atoms with Crippen molar-refractivity contribution in [3.05, 3.63) is 0 Å². The molecule has 110 valence electrons. The van der Waals surface area contributed by atoms with Crippen molar-refractivity contribution in [2.24, 2.45) is 11.8 Å². The van der Waals surface area contributed by atoms with Gasteiger partial charge in [0.1, 0.15) is 0 Å². The van der Waals surface area contributed by atoms with Gasteiger partial charge in [0, 0.05) is 25.6 Å². The molecule has 1 N–H and O–H groups in total. The highest BCUT2D eigenvalue weighted by Crippen LogP contribution is 2.39. The minimum Gasteiger partial charge on any atom is -0.341 e. The van der Waals surface area contributed by atoms with Gasteiger partial charge in [-0.25, -0.2) is 0 Å². The SMILES string of the molecule is O=C(C1CCC(C(F)(F)F)CC1)N1CCCNCC1. The minimum absolute atomic E-state index is 0.0596. The number of carbonyl (C=O) groups is 1. The van der Waals surface area contributed by atoms with Crippen LogP contribution in [0.25, 0.3) is 0 Å². The first-order valence-corrected chi connectivity index (χ1v) is 7.04. The lowest BCUT2D eigenvalue weighted by Crippen LogP contribution is -2.40. The molecule has 2 rings (SSSR count). The maximum absolute atomic E-state index is 12.6. The largest absolute Gasteiger partial charge is 0.391 e. The first-order valence-electron chi connectivity index (χ1n) is 7.04. The molecule has 1 amide bonds. The zero-order valence-electron chi connectivity index (χ0n) is 11.0. The van der Waals surface area contributed by atoms with Crippen molar-refractivity contribution in [2.75, 3.05) is 26.2 Å². The Bertz CT molecular complexity index is 304. The molecule has 1 saturated carbocycles. The molecule has 0 spiro atoms. The van der Waals surface area contributed by atoms with E-state index in [-0.39, 0.29) is 24.7 Å². The summed E-state index contributed by atoms with van der Waals surface area (Å²) in [7, 11) is 0. The van der Waals surface area contributed by atoms with Crippen LogP contribution in [0.3, 0.4) is 0 Å². The maximum atomic E-state index is 12.6. The van der Waals surface area contributed by atoms with E-state index in [2.05, 4.69) is 5.32 Å². The van der Waals surface area contributed by atoms with Gasteiger partial charge in [-0.1, -0.05) is 0 Å². The average molecular weight is 278 g/mol. The highest BCUT2D eigenvalue weighted by molar-refractivity contribution is 5.79. The standard InChI is InChI=1S/C13H21F3N2O/c14-13(15,16)11-4-2-10(3-5-11)12(19)18-8-1-6-17-7-9-18/h10-11,17H,1-9H2. The molecule has 0 aromatic carbocycles. The Morgan fingerprint density at radius 2 is 1.74 bits per heavy atom. The topological polar surface area (TPSA) is 32.3 Å². The van der Waals surface area contributed by atoms with Gasteiger partial charge in [0.05, 0.1) is 5.92 Å². The van der Waals surface area contributed by atoms with Crippen LogP contribution in [0.2, 0.25) is 0 Å². The first kappa shape index (κ1) is 14.6. The van der Waals surface area contributed by atoms with Crippen LogP contribution >= 0.6 is 0 Å². The number of rotatable bonds is 1. The van der Waals surface area contributed by atoms with Crippen LogP contribution in [0.1, 0.15) is 32.1 Å². The van der Waals surface area contributed by atoms with Crippen LogP contribution in [0.4, 0.5) is 13.2 Å². The number of alkyl halides is 3. The Hall–Kier alpha value is -0.780. The van der Waals surface area contributed by atoms with Crippen LogP contribution in [0, 0.1) is 11.8 Å². The Kier molecular flexibility index (Phi) is 4.71. The molecule has 19 heavy (non-hydrogen) atoms. The summed E-state index contributed by atoms with van der Waals surface area (Å²) < 4.78 is 37.7. The van der Waals surface area contributed by atoms with Crippen molar-refractivity contribution < 1.29 is 18.0 Å². The van der Waals surface area contributed by atoms with Crippen molar-refractivity contribution >= 4 is 5.91 Å². The highest BCUT2D eigenvalue weighted by Gasteiger charge is 2.42. The maximum Gasteiger partial charge on any atom is 0.391 e. The van der Waals surface area contributed by atoms with E-state index in [4.69, 9.17) is 0 Å². The molecule has 0 aromatic rings. The molecule has 1 aliphatic heterocycles. The molecule has 6 heteroatoms. The zero-order chi connectivity index (χ0) is 13.9. The van der Waals surface area contributed by atoms with Crippen molar-refractivity contribution in [2.45, 2.75) is 38.3 Å². The molecule has 0 radical (unpaired) electrons. The number of hydrogen-bond acceptors (Lipinski definition) is 2. The molecule has 1 aliphatic carbocycles. The van der Waals surface area contributed by atoms with Gasteiger partial charge in [-0.2, -0.15) is 13.2 Å². The number of nitrogens with one attached hydrogen (secondary N) is 1. The lowest BCUT2D eigenvalue weighted by molar-refractivity contribution is -0.185. The van der Waals surface area contributed by atoms with Crippen molar-refractivity contribution in [3.63, 3.8) is 0 Å². The molecule has 0 aromatic heterocycles. The molecule has 2 fully saturated rings. The molecule has 0 atom stereocenters. The molecular formula is C13H21F3N2O. The molecule has 3 nitrogen and oxygen atoms in total. The molecule has 0 bridgehead atoms. The van der Waals surface area contributed by atoms with Crippen LogP contribution in [0.15, 0.2) is 0 Å². The van der Waals surface area contributed by atoms with E-state index in [0.29, 0.717) is 19.4 Å². The van der Waals surface area contributed by atoms with E-state index < -0.39 is 12.1 Å². The van der Waals surface area contributed by atoms with Gasteiger partial charge in [0.15, 0.2) is 0 Å². The summed E-state index contributed by atoms with van der Waals surface area (Å²) in [5, 5.41) is 3.22. The average Bonchev–Trinajstić information content (AvgIpc) is 2.66. The smallest absolute Gasteiger partial charge is 0.341 e. The van der Waals surface area contributed by atoms with Gasteiger partial charge in [0.25, 0.3) is 0 Å². The Morgan fingerprint density at radius 3 is 2.37 bits per heavy atom. The van der Waals surface area contributed by atoms with E-state index in [9.17, 15) is 18.0 Å². The minimum atomic E-state index is -4.10. The fourth-order valence-corrected chi connectivity index (χ4v) is 2.99. The molecular weight excluding hydrogens is 257 g/mol. The molecule has 2 aliphatic rings. The second-order valence-corrected chi connectivity index (χ2v) is 5.52. The van der Waals surface area contributed by atoms with E-state index in [1.807, 2.05) is 4.90 Å². The van der Waals surface area contributed by atoms with E-state index in [0.717, 1.165) is 26.1 Å². The van der Waals surface area contributed by atoms with Crippen LogP contribution in [-0.2, 0) is 4.79 Å². The van der Waals surface area contributed by atoms with E-state index >= 15 is 0 Å². The molecule has 0 unspecified atom stereocenters. The summed E-state index contributed by atoms with van der Waals surface area (Å²) >= 11 is 0. The normalized spacial score (nSPS) is 29.9. The quantitative estimate of drug-likeness (QED) is 0.797. The Balaban J connectivity index is 1.85. The lowest BCUT2D eigenvalue weighted by atomic mass is 9.81. The summed E-state index contributed by atoms with van der Waals surface area (Å²) in [6.45, 7) is 3.09. The third-order valence-electron chi connectivity index (χ3n) is 4.19. The first-order chi connectivity index (χ1) is 8.98. The Labute approximate surface area is 111 Å². The van der Waals surface area contributed by atoms with Crippen LogP contribution in [-0.4, -0.2) is 43.2 Å².